The number of rotatable bonds is 8. The monoisotopic (exact) mass is 465 g/mol. The van der Waals surface area contributed by atoms with Gasteiger partial charge in [-0.3, -0.25) is 0 Å². The summed E-state index contributed by atoms with van der Waals surface area (Å²) in [6, 6.07) is 5.55. The maximum atomic E-state index is 13.2. The molecule has 26 heavy (non-hydrogen) atoms. The molecule has 1 atom stereocenters. The van der Waals surface area contributed by atoms with Gasteiger partial charge in [0.05, 0.1) is 4.83 Å². The molecule has 0 fully saturated rings. The van der Waals surface area contributed by atoms with Crippen LogP contribution >= 0.6 is 15.9 Å². The molecule has 0 aliphatic rings. The molecule has 0 bridgehead atoms. The molecule has 0 amide bonds. The number of aromatic hydroxyl groups is 1. The van der Waals surface area contributed by atoms with Crippen LogP contribution in [0.1, 0.15) is 17.0 Å². The summed E-state index contributed by atoms with van der Waals surface area (Å²) in [5, 5.41) is 10.6. The maximum Gasteiger partial charge on any atom is 0.242 e. The van der Waals surface area contributed by atoms with E-state index in [9.17, 15) is 17.9 Å². The zero-order chi connectivity index (χ0) is 19.5. The van der Waals surface area contributed by atoms with Crippen molar-refractivity contribution >= 4 is 35.1 Å². The van der Waals surface area contributed by atoms with Crippen LogP contribution in [0, 0.1) is 5.82 Å². The SMILES string of the molecule is C[Si](C)(C)Oc1c(C(Br)CCN[SH](=O)=O)oc(-c2ccc(F)cc2)c1O. The second-order valence-electron chi connectivity index (χ2n) is 6.62. The van der Waals surface area contributed by atoms with Crippen LogP contribution in [0.15, 0.2) is 28.7 Å². The molecule has 0 spiro atoms. The Morgan fingerprint density at radius 2 is 1.92 bits per heavy atom. The first-order valence-corrected chi connectivity index (χ1v) is 13.4. The molecule has 0 saturated carbocycles. The van der Waals surface area contributed by atoms with E-state index in [1.54, 1.807) is 0 Å². The molecule has 0 saturated heterocycles. The Morgan fingerprint density at radius 1 is 1.31 bits per heavy atom. The number of benzene rings is 1. The van der Waals surface area contributed by atoms with Gasteiger partial charge in [-0.05, 0) is 50.3 Å². The highest BCUT2D eigenvalue weighted by Crippen LogP contribution is 2.48. The van der Waals surface area contributed by atoms with Gasteiger partial charge in [-0.25, -0.2) is 17.5 Å². The average Bonchev–Trinajstić information content (AvgIpc) is 2.83. The smallest absolute Gasteiger partial charge is 0.242 e. The highest BCUT2D eigenvalue weighted by Gasteiger charge is 2.30. The third-order valence-electron chi connectivity index (χ3n) is 3.30. The molecule has 2 N–H and O–H groups in total. The summed E-state index contributed by atoms with van der Waals surface area (Å²) >= 11 is 3.46. The number of halogens is 2. The van der Waals surface area contributed by atoms with Crippen molar-refractivity contribution in [2.24, 2.45) is 0 Å². The molecule has 144 valence electrons. The Balaban J connectivity index is 2.41. The number of thiol groups is 1. The Bertz CT molecular complexity index is 824. The van der Waals surface area contributed by atoms with Crippen LogP contribution in [0.25, 0.3) is 11.3 Å². The second-order valence-corrected chi connectivity index (χ2v) is 13.0. The third-order valence-corrected chi connectivity index (χ3v) is 5.48. The van der Waals surface area contributed by atoms with E-state index >= 15 is 0 Å². The minimum atomic E-state index is -2.68. The van der Waals surface area contributed by atoms with Crippen LogP contribution in [0.3, 0.4) is 0 Å². The highest BCUT2D eigenvalue weighted by atomic mass is 79.9. The van der Waals surface area contributed by atoms with Gasteiger partial charge in [0.1, 0.15) is 5.82 Å². The van der Waals surface area contributed by atoms with Gasteiger partial charge in [0, 0.05) is 12.1 Å². The van der Waals surface area contributed by atoms with Crippen molar-refractivity contribution in [3.8, 4) is 22.8 Å². The Hall–Kier alpha value is -1.36. The zero-order valence-corrected chi connectivity index (χ0v) is 18.1. The summed E-state index contributed by atoms with van der Waals surface area (Å²) in [6.45, 7) is 6.10. The molecule has 0 radical (unpaired) electrons. The van der Waals surface area contributed by atoms with Crippen molar-refractivity contribution in [2.45, 2.75) is 30.9 Å². The van der Waals surface area contributed by atoms with Crippen LogP contribution in [0.2, 0.25) is 19.6 Å². The lowest BCUT2D eigenvalue weighted by Crippen LogP contribution is -2.29. The van der Waals surface area contributed by atoms with Crippen molar-refractivity contribution in [3.63, 3.8) is 0 Å². The zero-order valence-electron chi connectivity index (χ0n) is 14.6. The Morgan fingerprint density at radius 3 is 2.46 bits per heavy atom. The largest absolute Gasteiger partial charge is 0.539 e. The van der Waals surface area contributed by atoms with Crippen molar-refractivity contribution < 1.29 is 26.8 Å². The maximum absolute atomic E-state index is 13.2. The molecular formula is C16H21BrFNO5SSi. The number of nitrogens with one attached hydrogen (secondary N) is 1. The number of alkyl halides is 1. The van der Waals surface area contributed by atoms with Gasteiger partial charge in [-0.2, -0.15) is 0 Å². The van der Waals surface area contributed by atoms with Gasteiger partial charge in [0.2, 0.25) is 25.0 Å². The quantitative estimate of drug-likeness (QED) is 0.312. The summed E-state index contributed by atoms with van der Waals surface area (Å²) in [5.74, 6) is 0.237. The van der Waals surface area contributed by atoms with Gasteiger partial charge < -0.3 is 13.9 Å². The molecule has 1 aromatic carbocycles. The minimum absolute atomic E-state index is 0.152. The lowest BCUT2D eigenvalue weighted by molar-refractivity contribution is 0.438. The minimum Gasteiger partial charge on any atom is -0.539 e. The van der Waals surface area contributed by atoms with E-state index in [-0.39, 0.29) is 28.6 Å². The van der Waals surface area contributed by atoms with E-state index < -0.39 is 25.0 Å². The van der Waals surface area contributed by atoms with Crippen LogP contribution in [0.5, 0.6) is 11.5 Å². The summed E-state index contributed by atoms with van der Waals surface area (Å²) in [4.78, 5) is -0.378. The normalized spacial score (nSPS) is 13.2. The van der Waals surface area contributed by atoms with E-state index in [0.29, 0.717) is 17.7 Å². The summed E-state index contributed by atoms with van der Waals surface area (Å²) in [6.07, 6.45) is 0.390. The first kappa shape index (κ1) is 20.9. The fraction of sp³-hybridized carbons (Fsp3) is 0.375. The molecule has 2 aromatic rings. The molecule has 2 rings (SSSR count). The lowest BCUT2D eigenvalue weighted by Gasteiger charge is -2.20. The van der Waals surface area contributed by atoms with Gasteiger partial charge in [-0.15, -0.1) is 0 Å². The topological polar surface area (TPSA) is 88.8 Å². The summed E-state index contributed by atoms with van der Waals surface area (Å²) < 4.78 is 48.6. The predicted molar refractivity (Wildman–Crippen MR) is 104 cm³/mol. The molecule has 6 nitrogen and oxygen atoms in total. The van der Waals surface area contributed by atoms with Crippen LogP contribution in [-0.4, -0.2) is 28.4 Å². The number of hydrogen-bond acceptors (Lipinski definition) is 5. The second kappa shape index (κ2) is 8.55. The highest BCUT2D eigenvalue weighted by molar-refractivity contribution is 9.09. The van der Waals surface area contributed by atoms with E-state index in [1.165, 1.54) is 24.3 Å². The van der Waals surface area contributed by atoms with Gasteiger partial charge in [0.25, 0.3) is 0 Å². The van der Waals surface area contributed by atoms with Crippen LogP contribution < -0.4 is 9.15 Å². The first-order chi connectivity index (χ1) is 12.1. The van der Waals surface area contributed by atoms with E-state index in [4.69, 9.17) is 8.84 Å². The fourth-order valence-electron chi connectivity index (χ4n) is 2.25. The molecule has 1 aromatic heterocycles. The fourth-order valence-corrected chi connectivity index (χ4v) is 3.90. The van der Waals surface area contributed by atoms with E-state index in [0.717, 1.165) is 0 Å². The number of hydrogen-bond donors (Lipinski definition) is 3. The predicted octanol–water partition coefficient (Wildman–Crippen LogP) is 3.95. The number of furan rings is 1. The van der Waals surface area contributed by atoms with E-state index in [2.05, 4.69) is 20.7 Å². The molecule has 0 aliphatic heterocycles. The molecular weight excluding hydrogens is 445 g/mol. The van der Waals surface area contributed by atoms with Crippen molar-refractivity contribution in [1.82, 2.24) is 4.72 Å². The first-order valence-electron chi connectivity index (χ1n) is 7.91. The van der Waals surface area contributed by atoms with Crippen molar-refractivity contribution in [2.75, 3.05) is 6.54 Å². The van der Waals surface area contributed by atoms with Crippen LogP contribution in [-0.2, 0) is 10.9 Å². The molecule has 0 aliphatic carbocycles. The Labute approximate surface area is 162 Å². The molecule has 1 heterocycles. The van der Waals surface area contributed by atoms with Gasteiger partial charge >= 0.3 is 0 Å². The van der Waals surface area contributed by atoms with Crippen molar-refractivity contribution in [3.05, 3.63) is 35.8 Å². The molecule has 10 heteroatoms. The summed E-state index contributed by atoms with van der Waals surface area (Å²) in [5.41, 5.74) is 0.510. The Kier molecular flexibility index (Phi) is 6.89. The standard InChI is InChI=1S/C16H21BrFNO5SSi/c1-26(2,3)24-16-13(20)14(10-4-6-11(18)7-5-10)23-15(16)12(17)8-9-19-25(21)22/h4-7,12,20,25H,8-9H2,1-3H3,(H,19,21,22). The van der Waals surface area contributed by atoms with Crippen LogP contribution in [0.4, 0.5) is 4.39 Å². The van der Waals surface area contributed by atoms with Gasteiger partial charge in [0.15, 0.2) is 17.3 Å². The van der Waals surface area contributed by atoms with Crippen molar-refractivity contribution in [1.29, 1.82) is 0 Å². The third kappa shape index (κ3) is 5.57. The summed E-state index contributed by atoms with van der Waals surface area (Å²) in [7, 11) is -4.75. The molecule has 1 unspecified atom stereocenters. The van der Waals surface area contributed by atoms with E-state index in [1.807, 2.05) is 19.6 Å². The average molecular weight is 466 g/mol. The lowest BCUT2D eigenvalue weighted by atomic mass is 10.1. The van der Waals surface area contributed by atoms with Gasteiger partial charge in [-0.1, -0.05) is 15.9 Å².